The molecule has 2 aliphatic rings. The number of hydrogen-bond acceptors (Lipinski definition) is 2. The van der Waals surface area contributed by atoms with E-state index in [0.29, 0.717) is 5.54 Å². The molecule has 2 nitrogen and oxygen atoms in total. The highest BCUT2D eigenvalue weighted by atomic mass is 28.3. The Hall–Kier alpha value is -0.123. The van der Waals surface area contributed by atoms with Gasteiger partial charge in [-0.3, -0.25) is 0 Å². The standard InChI is InChI=1S/C7H10.C6H15O2Si/c1-2-7-4-3-6(1)5-7;1-5-6(2)9(7-3)8-4/h1-2,6-7H,3-5H2;6H,5H2,1-4H3. The third-order valence-corrected chi connectivity index (χ3v) is 5.60. The van der Waals surface area contributed by atoms with Gasteiger partial charge in [0.2, 0.25) is 0 Å². The molecule has 0 aliphatic heterocycles. The summed E-state index contributed by atoms with van der Waals surface area (Å²) in [7, 11) is 2.47. The normalized spacial score (nSPS) is 28.1. The zero-order valence-electron chi connectivity index (χ0n) is 11.0. The van der Waals surface area contributed by atoms with Gasteiger partial charge in [0, 0.05) is 19.8 Å². The lowest BCUT2D eigenvalue weighted by atomic mass is 10.1. The van der Waals surface area contributed by atoms with Crippen molar-refractivity contribution in [1.82, 2.24) is 0 Å². The minimum atomic E-state index is -0.952. The molecule has 0 aromatic rings. The second-order valence-electron chi connectivity index (χ2n) is 4.75. The Kier molecular flexibility index (Phi) is 6.32. The van der Waals surface area contributed by atoms with Crippen LogP contribution in [0.25, 0.3) is 0 Å². The number of allylic oxidation sites excluding steroid dienone is 2. The van der Waals surface area contributed by atoms with E-state index in [0.717, 1.165) is 18.3 Å². The largest absolute Gasteiger partial charge is 0.397 e. The van der Waals surface area contributed by atoms with Crippen LogP contribution in [0.4, 0.5) is 0 Å². The zero-order valence-corrected chi connectivity index (χ0v) is 12.0. The summed E-state index contributed by atoms with van der Waals surface area (Å²) < 4.78 is 10.3. The highest BCUT2D eigenvalue weighted by molar-refractivity contribution is 6.46. The molecule has 2 bridgehead atoms. The summed E-state index contributed by atoms with van der Waals surface area (Å²) in [6.45, 7) is 4.30. The van der Waals surface area contributed by atoms with Gasteiger partial charge < -0.3 is 8.85 Å². The predicted molar refractivity (Wildman–Crippen MR) is 69.5 cm³/mol. The molecule has 0 aromatic carbocycles. The van der Waals surface area contributed by atoms with E-state index in [1.54, 1.807) is 14.2 Å². The predicted octanol–water partition coefficient (Wildman–Crippen LogP) is 3.54. The smallest absolute Gasteiger partial charge is 0.387 e. The second-order valence-corrected chi connectivity index (χ2v) is 7.19. The Morgan fingerprint density at radius 3 is 1.81 bits per heavy atom. The molecule has 3 heteroatoms. The van der Waals surface area contributed by atoms with Crippen molar-refractivity contribution in [2.75, 3.05) is 14.2 Å². The van der Waals surface area contributed by atoms with Crippen LogP contribution in [-0.4, -0.2) is 23.5 Å². The highest BCUT2D eigenvalue weighted by Crippen LogP contribution is 2.38. The van der Waals surface area contributed by atoms with Crippen molar-refractivity contribution in [2.24, 2.45) is 11.8 Å². The second kappa shape index (κ2) is 7.25. The SMILES string of the molecule is C1=CC2CCC1C2.CCC(C)[Si](OC)OC. The Morgan fingerprint density at radius 2 is 1.69 bits per heavy atom. The summed E-state index contributed by atoms with van der Waals surface area (Å²) >= 11 is 0. The van der Waals surface area contributed by atoms with Crippen LogP contribution in [0.5, 0.6) is 0 Å². The molecule has 3 unspecified atom stereocenters. The molecule has 0 heterocycles. The van der Waals surface area contributed by atoms with Gasteiger partial charge in [0.1, 0.15) is 0 Å². The van der Waals surface area contributed by atoms with Crippen molar-refractivity contribution in [3.8, 4) is 0 Å². The number of rotatable bonds is 4. The fraction of sp³-hybridized carbons (Fsp3) is 0.846. The third-order valence-electron chi connectivity index (χ3n) is 3.59. The lowest BCUT2D eigenvalue weighted by Crippen LogP contribution is -2.23. The molecule has 16 heavy (non-hydrogen) atoms. The van der Waals surface area contributed by atoms with Crippen molar-refractivity contribution in [3.05, 3.63) is 12.2 Å². The van der Waals surface area contributed by atoms with Gasteiger partial charge in [0.15, 0.2) is 0 Å². The van der Waals surface area contributed by atoms with Crippen LogP contribution in [-0.2, 0) is 8.85 Å². The highest BCUT2D eigenvalue weighted by Gasteiger charge is 2.25. The number of hydrogen-bond donors (Lipinski definition) is 0. The molecular weight excluding hydrogens is 216 g/mol. The van der Waals surface area contributed by atoms with Crippen LogP contribution in [0, 0.1) is 11.8 Å². The van der Waals surface area contributed by atoms with Crippen LogP contribution >= 0.6 is 0 Å². The van der Waals surface area contributed by atoms with E-state index in [9.17, 15) is 0 Å². The van der Waals surface area contributed by atoms with Crippen molar-refractivity contribution < 1.29 is 8.85 Å². The van der Waals surface area contributed by atoms with E-state index in [2.05, 4.69) is 26.0 Å². The van der Waals surface area contributed by atoms with E-state index < -0.39 is 9.28 Å². The molecule has 1 radical (unpaired) electrons. The minimum absolute atomic E-state index is 0.588. The van der Waals surface area contributed by atoms with Gasteiger partial charge in [-0.25, -0.2) is 0 Å². The first-order valence-corrected chi connectivity index (χ1v) is 7.73. The van der Waals surface area contributed by atoms with Crippen LogP contribution in [0.2, 0.25) is 5.54 Å². The maximum Gasteiger partial charge on any atom is 0.387 e. The van der Waals surface area contributed by atoms with E-state index in [1.165, 1.54) is 19.3 Å². The molecule has 0 aromatic heterocycles. The molecular formula is C13H25O2Si. The van der Waals surface area contributed by atoms with Crippen molar-refractivity contribution >= 4 is 9.28 Å². The van der Waals surface area contributed by atoms with Crippen LogP contribution in [0.1, 0.15) is 39.5 Å². The van der Waals surface area contributed by atoms with Gasteiger partial charge in [-0.15, -0.1) is 0 Å². The fourth-order valence-corrected chi connectivity index (χ4v) is 3.67. The van der Waals surface area contributed by atoms with Crippen molar-refractivity contribution in [3.63, 3.8) is 0 Å². The molecule has 2 aliphatic carbocycles. The summed E-state index contributed by atoms with van der Waals surface area (Å²) in [5.74, 6) is 1.98. The lowest BCUT2D eigenvalue weighted by Gasteiger charge is -2.14. The van der Waals surface area contributed by atoms with Gasteiger partial charge in [-0.2, -0.15) is 0 Å². The molecule has 2 rings (SSSR count). The van der Waals surface area contributed by atoms with E-state index >= 15 is 0 Å². The zero-order chi connectivity index (χ0) is 12.0. The molecule has 1 fully saturated rings. The summed E-state index contributed by atoms with van der Waals surface area (Å²) in [5, 5.41) is 0. The van der Waals surface area contributed by atoms with E-state index in [-0.39, 0.29) is 0 Å². The average molecular weight is 241 g/mol. The van der Waals surface area contributed by atoms with Gasteiger partial charge in [0.25, 0.3) is 0 Å². The van der Waals surface area contributed by atoms with Crippen molar-refractivity contribution in [1.29, 1.82) is 0 Å². The number of fused-ring (bicyclic) bond motifs is 2. The maximum atomic E-state index is 5.13. The Bertz CT molecular complexity index is 202. The van der Waals surface area contributed by atoms with Gasteiger partial charge >= 0.3 is 9.28 Å². The molecule has 0 saturated heterocycles. The molecule has 1 saturated carbocycles. The van der Waals surface area contributed by atoms with E-state index in [4.69, 9.17) is 8.85 Å². The Labute approximate surface area is 102 Å². The third kappa shape index (κ3) is 4.04. The topological polar surface area (TPSA) is 18.5 Å². The summed E-state index contributed by atoms with van der Waals surface area (Å²) in [6.07, 6.45) is 10.3. The lowest BCUT2D eigenvalue weighted by molar-refractivity contribution is 0.266. The molecule has 0 N–H and O–H groups in total. The van der Waals surface area contributed by atoms with Gasteiger partial charge in [-0.05, 0) is 31.1 Å². The Morgan fingerprint density at radius 1 is 1.19 bits per heavy atom. The van der Waals surface area contributed by atoms with Crippen molar-refractivity contribution in [2.45, 2.75) is 45.1 Å². The van der Waals surface area contributed by atoms with Crippen LogP contribution in [0.3, 0.4) is 0 Å². The first kappa shape index (κ1) is 13.9. The molecule has 0 amide bonds. The summed E-state index contributed by atoms with van der Waals surface area (Å²) in [5.41, 5.74) is 0.588. The minimum Gasteiger partial charge on any atom is -0.397 e. The maximum absolute atomic E-state index is 5.13. The van der Waals surface area contributed by atoms with E-state index in [1.807, 2.05) is 0 Å². The Balaban J connectivity index is 0.000000163. The van der Waals surface area contributed by atoms with Gasteiger partial charge in [-0.1, -0.05) is 32.4 Å². The summed E-state index contributed by atoms with van der Waals surface area (Å²) in [4.78, 5) is 0. The first-order chi connectivity index (χ1) is 7.71. The monoisotopic (exact) mass is 241 g/mol. The quantitative estimate of drug-likeness (QED) is 0.553. The molecule has 0 spiro atoms. The average Bonchev–Trinajstić information content (AvgIpc) is 2.95. The molecule has 3 atom stereocenters. The van der Waals surface area contributed by atoms with Gasteiger partial charge in [0.05, 0.1) is 0 Å². The molecule has 93 valence electrons. The first-order valence-electron chi connectivity index (χ1n) is 6.34. The summed E-state index contributed by atoms with van der Waals surface area (Å²) in [6, 6.07) is 0. The fourth-order valence-electron chi connectivity index (χ4n) is 2.37. The van der Waals surface area contributed by atoms with Crippen LogP contribution < -0.4 is 0 Å². The van der Waals surface area contributed by atoms with Crippen LogP contribution in [0.15, 0.2) is 12.2 Å².